The lowest BCUT2D eigenvalue weighted by molar-refractivity contribution is -0.118. The minimum absolute atomic E-state index is 0.0174. The van der Waals surface area contributed by atoms with E-state index < -0.39 is 0 Å². The van der Waals surface area contributed by atoms with Crippen molar-refractivity contribution in [3.8, 4) is 0 Å². The largest absolute Gasteiger partial charge is 0.396 e. The van der Waals surface area contributed by atoms with Crippen LogP contribution in [0.4, 0.5) is 5.69 Å². The molecule has 0 aliphatic heterocycles. The standard InChI is InChI=1S/C13H16N2O2/c1-15(13(17)7-4-8-16)12-9-14-11-6-3-2-5-10(11)12/h2-3,5-6,9,14,16H,4,7-8H2,1H3. The van der Waals surface area contributed by atoms with E-state index in [1.54, 1.807) is 11.9 Å². The smallest absolute Gasteiger partial charge is 0.226 e. The van der Waals surface area contributed by atoms with Gasteiger partial charge in [-0.3, -0.25) is 4.79 Å². The molecule has 4 heteroatoms. The third-order valence-corrected chi connectivity index (χ3v) is 2.85. The van der Waals surface area contributed by atoms with Crippen LogP contribution in [-0.2, 0) is 4.79 Å². The predicted octanol–water partition coefficient (Wildman–Crippen LogP) is 1.90. The van der Waals surface area contributed by atoms with Crippen LogP contribution in [0.5, 0.6) is 0 Å². The summed E-state index contributed by atoms with van der Waals surface area (Å²) in [7, 11) is 1.76. The van der Waals surface area contributed by atoms with Crippen molar-refractivity contribution in [2.24, 2.45) is 0 Å². The van der Waals surface area contributed by atoms with Crippen molar-refractivity contribution in [3.05, 3.63) is 30.5 Å². The summed E-state index contributed by atoms with van der Waals surface area (Å²) in [6.45, 7) is 0.0491. The van der Waals surface area contributed by atoms with E-state index in [9.17, 15) is 4.79 Å². The first-order valence-electron chi connectivity index (χ1n) is 5.67. The van der Waals surface area contributed by atoms with Gasteiger partial charge in [-0.05, 0) is 12.5 Å². The van der Waals surface area contributed by atoms with Crippen LogP contribution in [-0.4, -0.2) is 29.7 Å². The molecule has 0 radical (unpaired) electrons. The minimum Gasteiger partial charge on any atom is -0.396 e. The molecule has 0 bridgehead atoms. The van der Waals surface area contributed by atoms with Gasteiger partial charge in [-0.15, -0.1) is 0 Å². The molecule has 1 amide bonds. The second-order valence-electron chi connectivity index (χ2n) is 4.00. The van der Waals surface area contributed by atoms with Crippen molar-refractivity contribution in [1.29, 1.82) is 0 Å². The van der Waals surface area contributed by atoms with E-state index in [-0.39, 0.29) is 12.5 Å². The number of aromatic nitrogens is 1. The molecule has 17 heavy (non-hydrogen) atoms. The van der Waals surface area contributed by atoms with Crippen LogP contribution in [0, 0.1) is 0 Å². The maximum absolute atomic E-state index is 11.8. The second-order valence-corrected chi connectivity index (χ2v) is 4.00. The molecule has 0 fully saturated rings. The van der Waals surface area contributed by atoms with Gasteiger partial charge < -0.3 is 15.0 Å². The number of anilines is 1. The number of carbonyl (C=O) groups excluding carboxylic acids is 1. The average molecular weight is 232 g/mol. The predicted molar refractivity (Wildman–Crippen MR) is 68.0 cm³/mol. The number of nitrogens with zero attached hydrogens (tertiary/aromatic N) is 1. The Labute approximate surface area is 99.9 Å². The lowest BCUT2D eigenvalue weighted by Gasteiger charge is -2.15. The molecule has 90 valence electrons. The first kappa shape index (κ1) is 11.7. The van der Waals surface area contributed by atoms with Gasteiger partial charge in [0.1, 0.15) is 0 Å². The fourth-order valence-corrected chi connectivity index (χ4v) is 1.87. The zero-order valence-corrected chi connectivity index (χ0v) is 9.81. The summed E-state index contributed by atoms with van der Waals surface area (Å²) >= 11 is 0. The van der Waals surface area contributed by atoms with Crippen molar-refractivity contribution in [3.63, 3.8) is 0 Å². The number of para-hydroxylation sites is 1. The van der Waals surface area contributed by atoms with Gasteiger partial charge in [0, 0.05) is 37.2 Å². The Morgan fingerprint density at radius 2 is 2.18 bits per heavy atom. The van der Waals surface area contributed by atoms with Crippen molar-refractivity contribution in [2.45, 2.75) is 12.8 Å². The molecule has 1 heterocycles. The monoisotopic (exact) mass is 232 g/mol. The topological polar surface area (TPSA) is 56.3 Å². The van der Waals surface area contributed by atoms with Gasteiger partial charge >= 0.3 is 0 Å². The Kier molecular flexibility index (Phi) is 3.44. The molecule has 0 aliphatic carbocycles. The van der Waals surface area contributed by atoms with Crippen molar-refractivity contribution in [2.75, 3.05) is 18.6 Å². The number of hydrogen-bond donors (Lipinski definition) is 2. The zero-order valence-electron chi connectivity index (χ0n) is 9.81. The summed E-state index contributed by atoms with van der Waals surface area (Å²) in [5.74, 6) is 0.0174. The SMILES string of the molecule is CN(C(=O)CCCO)c1c[nH]c2ccccc12. The number of aliphatic hydroxyl groups is 1. The number of hydrogen-bond acceptors (Lipinski definition) is 2. The Balaban J connectivity index is 2.24. The molecule has 0 aliphatic rings. The van der Waals surface area contributed by atoms with Crippen LogP contribution in [0.1, 0.15) is 12.8 Å². The van der Waals surface area contributed by atoms with Crippen molar-refractivity contribution >= 4 is 22.5 Å². The van der Waals surface area contributed by atoms with E-state index >= 15 is 0 Å². The van der Waals surface area contributed by atoms with Gasteiger partial charge in [0.15, 0.2) is 0 Å². The fourth-order valence-electron chi connectivity index (χ4n) is 1.87. The number of rotatable bonds is 4. The maximum Gasteiger partial charge on any atom is 0.226 e. The van der Waals surface area contributed by atoms with Crippen LogP contribution in [0.15, 0.2) is 30.5 Å². The summed E-state index contributed by atoms with van der Waals surface area (Å²) in [5, 5.41) is 9.76. The average Bonchev–Trinajstić information content (AvgIpc) is 2.78. The fraction of sp³-hybridized carbons (Fsp3) is 0.308. The van der Waals surface area contributed by atoms with E-state index in [1.807, 2.05) is 30.5 Å². The lowest BCUT2D eigenvalue weighted by atomic mass is 10.2. The number of amides is 1. The third kappa shape index (κ3) is 2.31. The van der Waals surface area contributed by atoms with E-state index in [0.29, 0.717) is 12.8 Å². The normalized spacial score (nSPS) is 10.7. The number of nitrogens with one attached hydrogen (secondary N) is 1. The minimum atomic E-state index is 0.0174. The summed E-state index contributed by atoms with van der Waals surface area (Å²) in [6.07, 6.45) is 2.71. The highest BCUT2D eigenvalue weighted by Crippen LogP contribution is 2.25. The van der Waals surface area contributed by atoms with Crippen LogP contribution < -0.4 is 4.90 Å². The number of H-pyrrole nitrogens is 1. The van der Waals surface area contributed by atoms with Crippen LogP contribution in [0.2, 0.25) is 0 Å². The number of carbonyl (C=O) groups is 1. The van der Waals surface area contributed by atoms with E-state index in [0.717, 1.165) is 16.6 Å². The van der Waals surface area contributed by atoms with Crippen molar-refractivity contribution < 1.29 is 9.90 Å². The molecule has 2 aromatic rings. The first-order chi connectivity index (χ1) is 8.24. The summed E-state index contributed by atoms with van der Waals surface area (Å²) < 4.78 is 0. The first-order valence-corrected chi connectivity index (χ1v) is 5.67. The molecular formula is C13H16N2O2. The molecular weight excluding hydrogens is 216 g/mol. The molecule has 0 saturated heterocycles. The Hall–Kier alpha value is -1.81. The van der Waals surface area contributed by atoms with Gasteiger partial charge in [0.2, 0.25) is 5.91 Å². The molecule has 0 unspecified atom stereocenters. The van der Waals surface area contributed by atoms with E-state index in [1.165, 1.54) is 0 Å². The van der Waals surface area contributed by atoms with E-state index in [2.05, 4.69) is 4.98 Å². The number of benzene rings is 1. The Morgan fingerprint density at radius 3 is 2.94 bits per heavy atom. The molecule has 2 rings (SSSR count). The molecule has 1 aromatic heterocycles. The second kappa shape index (κ2) is 5.01. The Morgan fingerprint density at radius 1 is 1.41 bits per heavy atom. The van der Waals surface area contributed by atoms with Crippen molar-refractivity contribution in [1.82, 2.24) is 4.98 Å². The molecule has 1 aromatic carbocycles. The summed E-state index contributed by atoms with van der Waals surface area (Å²) in [6, 6.07) is 7.86. The Bertz CT molecular complexity index is 519. The number of fused-ring (bicyclic) bond motifs is 1. The zero-order chi connectivity index (χ0) is 12.3. The number of aromatic amines is 1. The van der Waals surface area contributed by atoms with Gasteiger partial charge in [-0.1, -0.05) is 18.2 Å². The van der Waals surface area contributed by atoms with Crippen LogP contribution in [0.25, 0.3) is 10.9 Å². The van der Waals surface area contributed by atoms with Gasteiger partial charge in [0.25, 0.3) is 0 Å². The third-order valence-electron chi connectivity index (χ3n) is 2.85. The van der Waals surface area contributed by atoms with E-state index in [4.69, 9.17) is 5.11 Å². The quantitative estimate of drug-likeness (QED) is 0.846. The van der Waals surface area contributed by atoms with Gasteiger partial charge in [-0.2, -0.15) is 0 Å². The molecule has 0 atom stereocenters. The molecule has 0 spiro atoms. The highest BCUT2D eigenvalue weighted by atomic mass is 16.3. The van der Waals surface area contributed by atoms with Gasteiger partial charge in [0.05, 0.1) is 5.69 Å². The van der Waals surface area contributed by atoms with Crippen LogP contribution in [0.3, 0.4) is 0 Å². The number of aliphatic hydroxyl groups excluding tert-OH is 1. The summed E-state index contributed by atoms with van der Waals surface area (Å²) in [4.78, 5) is 16.6. The molecule has 2 N–H and O–H groups in total. The summed E-state index contributed by atoms with van der Waals surface area (Å²) in [5.41, 5.74) is 1.90. The highest BCUT2D eigenvalue weighted by molar-refractivity contribution is 6.02. The maximum atomic E-state index is 11.8. The molecule has 0 saturated carbocycles. The lowest BCUT2D eigenvalue weighted by Crippen LogP contribution is -2.25. The highest BCUT2D eigenvalue weighted by Gasteiger charge is 2.13. The van der Waals surface area contributed by atoms with Gasteiger partial charge in [-0.25, -0.2) is 0 Å². The molecule has 4 nitrogen and oxygen atoms in total. The van der Waals surface area contributed by atoms with Crippen LogP contribution >= 0.6 is 0 Å².